The SMILES string of the molecule is CCNc1cc(C(=O)N2CC(C)OCC2C)ccn1. The normalized spacial score (nSPS) is 23.2. The van der Waals surface area contributed by atoms with Crippen molar-refractivity contribution in [2.24, 2.45) is 0 Å². The van der Waals surface area contributed by atoms with Crippen LogP contribution in [0.5, 0.6) is 0 Å². The molecule has 104 valence electrons. The number of hydrogen-bond donors (Lipinski definition) is 1. The first-order valence-corrected chi connectivity index (χ1v) is 6.74. The Kier molecular flexibility index (Phi) is 4.37. The van der Waals surface area contributed by atoms with Gasteiger partial charge in [0.05, 0.1) is 18.8 Å². The number of amides is 1. The molecule has 1 aromatic rings. The van der Waals surface area contributed by atoms with Gasteiger partial charge in [0.25, 0.3) is 5.91 Å². The maximum Gasteiger partial charge on any atom is 0.254 e. The Bertz CT molecular complexity index is 450. The van der Waals surface area contributed by atoms with Gasteiger partial charge < -0.3 is 15.0 Å². The number of ether oxygens (including phenoxy) is 1. The predicted molar refractivity (Wildman–Crippen MR) is 74.3 cm³/mol. The second-order valence-electron chi connectivity index (χ2n) is 4.91. The van der Waals surface area contributed by atoms with Crippen LogP contribution in [-0.2, 0) is 4.74 Å². The molecule has 0 saturated carbocycles. The lowest BCUT2D eigenvalue weighted by molar-refractivity contribution is -0.0387. The maximum absolute atomic E-state index is 12.5. The average Bonchev–Trinajstić information content (AvgIpc) is 2.41. The molecular weight excluding hydrogens is 242 g/mol. The summed E-state index contributed by atoms with van der Waals surface area (Å²) in [5, 5.41) is 3.12. The van der Waals surface area contributed by atoms with E-state index in [1.165, 1.54) is 0 Å². The lowest BCUT2D eigenvalue weighted by atomic mass is 10.1. The van der Waals surface area contributed by atoms with Gasteiger partial charge >= 0.3 is 0 Å². The molecule has 2 atom stereocenters. The molecule has 2 heterocycles. The molecule has 19 heavy (non-hydrogen) atoms. The summed E-state index contributed by atoms with van der Waals surface area (Å²) < 4.78 is 5.55. The number of aromatic nitrogens is 1. The number of pyridine rings is 1. The van der Waals surface area contributed by atoms with Crippen molar-refractivity contribution in [2.45, 2.75) is 32.9 Å². The molecule has 0 bridgehead atoms. The summed E-state index contributed by atoms with van der Waals surface area (Å²) in [6.07, 6.45) is 1.76. The lowest BCUT2D eigenvalue weighted by Gasteiger charge is -2.36. The fraction of sp³-hybridized carbons (Fsp3) is 0.571. The molecule has 0 radical (unpaired) electrons. The van der Waals surface area contributed by atoms with Gasteiger partial charge in [-0.15, -0.1) is 0 Å². The molecule has 1 aliphatic rings. The number of morpholine rings is 1. The van der Waals surface area contributed by atoms with E-state index >= 15 is 0 Å². The molecule has 1 amide bonds. The van der Waals surface area contributed by atoms with Crippen LogP contribution in [0.15, 0.2) is 18.3 Å². The van der Waals surface area contributed by atoms with Gasteiger partial charge in [0, 0.05) is 24.8 Å². The minimum atomic E-state index is 0.0456. The Morgan fingerprint density at radius 1 is 1.58 bits per heavy atom. The van der Waals surface area contributed by atoms with Gasteiger partial charge in [-0.05, 0) is 32.9 Å². The minimum Gasteiger partial charge on any atom is -0.375 e. The van der Waals surface area contributed by atoms with E-state index < -0.39 is 0 Å². The van der Waals surface area contributed by atoms with Gasteiger partial charge in [0.15, 0.2) is 0 Å². The number of rotatable bonds is 3. The van der Waals surface area contributed by atoms with Crippen molar-refractivity contribution in [3.8, 4) is 0 Å². The second-order valence-corrected chi connectivity index (χ2v) is 4.91. The second kappa shape index (κ2) is 6.02. The smallest absolute Gasteiger partial charge is 0.254 e. The fourth-order valence-corrected chi connectivity index (χ4v) is 2.19. The fourth-order valence-electron chi connectivity index (χ4n) is 2.19. The Balaban J connectivity index is 2.16. The van der Waals surface area contributed by atoms with E-state index in [0.717, 1.165) is 12.4 Å². The number of nitrogens with one attached hydrogen (secondary N) is 1. The largest absolute Gasteiger partial charge is 0.375 e. The molecule has 0 aliphatic carbocycles. The third-order valence-electron chi connectivity index (χ3n) is 3.23. The highest BCUT2D eigenvalue weighted by Crippen LogP contribution is 2.16. The van der Waals surface area contributed by atoms with Crippen LogP contribution in [0.4, 0.5) is 5.82 Å². The minimum absolute atomic E-state index is 0.0456. The van der Waals surface area contributed by atoms with Crippen LogP contribution in [-0.4, -0.2) is 47.6 Å². The maximum atomic E-state index is 12.5. The van der Waals surface area contributed by atoms with Crippen molar-refractivity contribution >= 4 is 11.7 Å². The highest BCUT2D eigenvalue weighted by atomic mass is 16.5. The van der Waals surface area contributed by atoms with Crippen molar-refractivity contribution in [2.75, 3.05) is 25.0 Å². The van der Waals surface area contributed by atoms with Crippen LogP contribution in [0.1, 0.15) is 31.1 Å². The molecule has 2 unspecified atom stereocenters. The molecule has 2 rings (SSSR count). The first-order valence-electron chi connectivity index (χ1n) is 6.74. The summed E-state index contributed by atoms with van der Waals surface area (Å²) in [4.78, 5) is 18.6. The molecular formula is C14H21N3O2. The van der Waals surface area contributed by atoms with E-state index in [2.05, 4.69) is 10.3 Å². The van der Waals surface area contributed by atoms with Crippen molar-refractivity contribution in [3.05, 3.63) is 23.9 Å². The summed E-state index contributed by atoms with van der Waals surface area (Å²) in [6.45, 7) is 8.02. The Labute approximate surface area is 114 Å². The Morgan fingerprint density at radius 3 is 3.11 bits per heavy atom. The van der Waals surface area contributed by atoms with Crippen molar-refractivity contribution < 1.29 is 9.53 Å². The van der Waals surface area contributed by atoms with E-state index in [-0.39, 0.29) is 18.1 Å². The summed E-state index contributed by atoms with van der Waals surface area (Å²) in [5.74, 6) is 0.784. The highest BCUT2D eigenvalue weighted by molar-refractivity contribution is 5.95. The van der Waals surface area contributed by atoms with Gasteiger partial charge in [-0.1, -0.05) is 0 Å². The Morgan fingerprint density at radius 2 is 2.37 bits per heavy atom. The quantitative estimate of drug-likeness (QED) is 0.903. The summed E-state index contributed by atoms with van der Waals surface area (Å²) in [6, 6.07) is 3.67. The topological polar surface area (TPSA) is 54.5 Å². The van der Waals surface area contributed by atoms with Gasteiger partial charge in [-0.3, -0.25) is 4.79 Å². The van der Waals surface area contributed by atoms with Crippen LogP contribution in [0.2, 0.25) is 0 Å². The molecule has 5 heteroatoms. The van der Waals surface area contributed by atoms with Crippen LogP contribution in [0, 0.1) is 0 Å². The van der Waals surface area contributed by atoms with Gasteiger partial charge in [-0.2, -0.15) is 0 Å². The van der Waals surface area contributed by atoms with E-state index in [4.69, 9.17) is 4.74 Å². The van der Waals surface area contributed by atoms with Gasteiger partial charge in [-0.25, -0.2) is 4.98 Å². The number of carbonyl (C=O) groups excluding carboxylic acids is 1. The van der Waals surface area contributed by atoms with E-state index in [1.54, 1.807) is 18.3 Å². The first-order chi connectivity index (χ1) is 9.11. The Hall–Kier alpha value is -1.62. The molecule has 5 nitrogen and oxygen atoms in total. The summed E-state index contributed by atoms with van der Waals surface area (Å²) >= 11 is 0. The molecule has 1 aliphatic heterocycles. The zero-order chi connectivity index (χ0) is 13.8. The number of nitrogens with zero attached hydrogens (tertiary/aromatic N) is 2. The summed E-state index contributed by atoms with van der Waals surface area (Å²) in [7, 11) is 0. The monoisotopic (exact) mass is 263 g/mol. The van der Waals surface area contributed by atoms with Crippen LogP contribution in [0.3, 0.4) is 0 Å². The number of anilines is 1. The molecule has 0 aromatic carbocycles. The van der Waals surface area contributed by atoms with Gasteiger partial charge in [0.1, 0.15) is 5.82 Å². The predicted octanol–water partition coefficient (Wildman–Crippen LogP) is 1.76. The zero-order valence-electron chi connectivity index (χ0n) is 11.7. The van der Waals surface area contributed by atoms with Gasteiger partial charge in [0.2, 0.25) is 0 Å². The number of hydrogen-bond acceptors (Lipinski definition) is 4. The van der Waals surface area contributed by atoms with E-state index in [9.17, 15) is 4.79 Å². The molecule has 1 aromatic heterocycles. The van der Waals surface area contributed by atoms with Crippen LogP contribution >= 0.6 is 0 Å². The zero-order valence-corrected chi connectivity index (χ0v) is 11.7. The van der Waals surface area contributed by atoms with Crippen LogP contribution in [0.25, 0.3) is 0 Å². The van der Waals surface area contributed by atoms with Crippen molar-refractivity contribution in [1.82, 2.24) is 9.88 Å². The van der Waals surface area contributed by atoms with Crippen LogP contribution < -0.4 is 5.32 Å². The molecule has 1 fully saturated rings. The lowest BCUT2D eigenvalue weighted by Crippen LogP contribution is -2.50. The molecule has 1 saturated heterocycles. The third kappa shape index (κ3) is 3.23. The molecule has 0 spiro atoms. The molecule has 1 N–H and O–H groups in total. The van der Waals surface area contributed by atoms with Crippen molar-refractivity contribution in [1.29, 1.82) is 0 Å². The summed E-state index contributed by atoms with van der Waals surface area (Å²) in [5.41, 5.74) is 0.673. The third-order valence-corrected chi connectivity index (χ3v) is 3.23. The van der Waals surface area contributed by atoms with Crippen molar-refractivity contribution in [3.63, 3.8) is 0 Å². The standard InChI is InChI=1S/C14H21N3O2/c1-4-15-13-7-12(5-6-16-13)14(18)17-8-11(3)19-9-10(17)2/h5-7,10-11H,4,8-9H2,1-3H3,(H,15,16). The van der Waals surface area contributed by atoms with E-state index in [0.29, 0.717) is 18.7 Å². The number of carbonyl (C=O) groups is 1. The first kappa shape index (κ1) is 13.8. The highest BCUT2D eigenvalue weighted by Gasteiger charge is 2.28. The van der Waals surface area contributed by atoms with E-state index in [1.807, 2.05) is 25.7 Å². The average molecular weight is 263 g/mol.